The van der Waals surface area contributed by atoms with Crippen molar-refractivity contribution in [2.75, 3.05) is 0 Å². The van der Waals surface area contributed by atoms with Gasteiger partial charge in [-0.1, -0.05) is 48.5 Å². The van der Waals surface area contributed by atoms with Crippen LogP contribution in [-0.4, -0.2) is 10.4 Å². The fourth-order valence-electron chi connectivity index (χ4n) is 2.05. The molecule has 0 bridgehead atoms. The van der Waals surface area contributed by atoms with Crippen molar-refractivity contribution in [1.29, 1.82) is 0 Å². The van der Waals surface area contributed by atoms with Crippen molar-refractivity contribution in [3.05, 3.63) is 90.3 Å². The van der Waals surface area contributed by atoms with Crippen LogP contribution in [-0.2, 0) is 0 Å². The summed E-state index contributed by atoms with van der Waals surface area (Å²) in [4.78, 5) is 12.3. The van der Waals surface area contributed by atoms with E-state index in [9.17, 15) is 4.79 Å². The predicted octanol–water partition coefficient (Wildman–Crippen LogP) is 3.71. The molecule has 0 saturated heterocycles. The van der Waals surface area contributed by atoms with Crippen LogP contribution in [0.1, 0.15) is 15.9 Å². The van der Waals surface area contributed by atoms with E-state index in [1.54, 1.807) is 0 Å². The maximum Gasteiger partial charge on any atom is 0.194 e. The molecule has 1 heterocycles. The second-order valence-electron chi connectivity index (χ2n) is 4.34. The van der Waals surface area contributed by atoms with Crippen LogP contribution in [0.4, 0.5) is 0 Å². The number of carbonyl (C=O) groups is 1. The molecule has 0 fully saturated rings. The summed E-state index contributed by atoms with van der Waals surface area (Å²) < 4.78 is 1.95. The van der Waals surface area contributed by atoms with E-state index >= 15 is 0 Å². The summed E-state index contributed by atoms with van der Waals surface area (Å²) in [5.74, 6) is 0.0512. The largest absolute Gasteiger partial charge is 0.323 e. The lowest BCUT2D eigenvalue weighted by Crippen LogP contribution is -1.99. The summed E-state index contributed by atoms with van der Waals surface area (Å²) in [6, 6.07) is 21.1. The average molecular weight is 247 g/mol. The first-order chi connectivity index (χ1) is 9.34. The van der Waals surface area contributed by atoms with Gasteiger partial charge in [0.25, 0.3) is 0 Å². The Labute approximate surface area is 111 Å². The molecule has 19 heavy (non-hydrogen) atoms. The number of carbonyl (C=O) groups excluding carboxylic acids is 1. The lowest BCUT2D eigenvalue weighted by Gasteiger charge is -2.01. The molecule has 3 rings (SSSR count). The highest BCUT2D eigenvalue weighted by molar-refractivity contribution is 6.08. The van der Waals surface area contributed by atoms with E-state index < -0.39 is 0 Å². The van der Waals surface area contributed by atoms with Gasteiger partial charge in [0.15, 0.2) is 5.78 Å². The Morgan fingerprint density at radius 3 is 2.05 bits per heavy atom. The number of rotatable bonds is 3. The first kappa shape index (κ1) is 11.5. The monoisotopic (exact) mass is 247 g/mol. The van der Waals surface area contributed by atoms with Gasteiger partial charge < -0.3 is 4.57 Å². The van der Waals surface area contributed by atoms with Crippen LogP contribution in [0.5, 0.6) is 0 Å². The molecular formula is C17H13NO. The van der Waals surface area contributed by atoms with Crippen LogP contribution < -0.4 is 0 Å². The third-order valence-corrected chi connectivity index (χ3v) is 3.05. The summed E-state index contributed by atoms with van der Waals surface area (Å²) in [6.07, 6.45) is 3.77. The molecule has 0 N–H and O–H groups in total. The zero-order valence-electron chi connectivity index (χ0n) is 10.4. The fraction of sp³-hybridized carbons (Fsp3) is 0. The van der Waals surface area contributed by atoms with Gasteiger partial charge in [-0.05, 0) is 18.2 Å². The number of hydrogen-bond acceptors (Lipinski definition) is 1. The normalized spacial score (nSPS) is 10.3. The molecule has 92 valence electrons. The van der Waals surface area contributed by atoms with E-state index in [0.717, 1.165) is 5.69 Å². The van der Waals surface area contributed by atoms with Crippen molar-refractivity contribution in [2.24, 2.45) is 0 Å². The van der Waals surface area contributed by atoms with Gasteiger partial charge in [-0.3, -0.25) is 4.79 Å². The smallest absolute Gasteiger partial charge is 0.194 e. The van der Waals surface area contributed by atoms with Crippen LogP contribution in [0.3, 0.4) is 0 Å². The van der Waals surface area contributed by atoms with Gasteiger partial charge in [0.1, 0.15) is 0 Å². The average Bonchev–Trinajstić information content (AvgIpc) is 2.98. The molecule has 0 aliphatic heterocycles. The number of aromatic nitrogens is 1. The molecule has 2 aromatic carbocycles. The quantitative estimate of drug-likeness (QED) is 0.647. The van der Waals surface area contributed by atoms with E-state index in [0.29, 0.717) is 11.1 Å². The molecule has 0 aliphatic rings. The molecule has 2 nitrogen and oxygen atoms in total. The lowest BCUT2D eigenvalue weighted by atomic mass is 10.1. The Balaban J connectivity index is 1.92. The number of nitrogens with zero attached hydrogens (tertiary/aromatic N) is 1. The highest BCUT2D eigenvalue weighted by Gasteiger charge is 2.10. The van der Waals surface area contributed by atoms with Gasteiger partial charge in [0.2, 0.25) is 0 Å². The molecule has 1 aromatic heterocycles. The van der Waals surface area contributed by atoms with Crippen molar-refractivity contribution < 1.29 is 4.79 Å². The van der Waals surface area contributed by atoms with E-state index in [1.807, 2.05) is 83.7 Å². The molecule has 0 atom stereocenters. The second kappa shape index (κ2) is 4.94. The molecular weight excluding hydrogens is 234 g/mol. The number of ketones is 1. The molecule has 3 aromatic rings. The predicted molar refractivity (Wildman–Crippen MR) is 75.6 cm³/mol. The zero-order valence-corrected chi connectivity index (χ0v) is 10.4. The summed E-state index contributed by atoms with van der Waals surface area (Å²) in [6.45, 7) is 0. The topological polar surface area (TPSA) is 22.0 Å². The molecule has 0 amide bonds. The third kappa shape index (κ3) is 2.33. The number of hydrogen-bond donors (Lipinski definition) is 0. The Morgan fingerprint density at radius 1 is 0.737 bits per heavy atom. The maximum absolute atomic E-state index is 12.3. The Kier molecular flexibility index (Phi) is 2.99. The van der Waals surface area contributed by atoms with Gasteiger partial charge in [-0.2, -0.15) is 0 Å². The van der Waals surface area contributed by atoms with Crippen LogP contribution in [0.2, 0.25) is 0 Å². The highest BCUT2D eigenvalue weighted by atomic mass is 16.1. The van der Waals surface area contributed by atoms with Gasteiger partial charge >= 0.3 is 0 Å². The van der Waals surface area contributed by atoms with Crippen LogP contribution >= 0.6 is 0 Å². The summed E-state index contributed by atoms with van der Waals surface area (Å²) in [5.41, 5.74) is 2.47. The number of benzene rings is 2. The van der Waals surface area contributed by atoms with Crippen molar-refractivity contribution >= 4 is 5.78 Å². The SMILES string of the molecule is O=C(c1ccccc1)c1ccn(-c2ccccc2)c1. The minimum atomic E-state index is 0.0512. The maximum atomic E-state index is 12.3. The minimum Gasteiger partial charge on any atom is -0.323 e. The van der Waals surface area contributed by atoms with Crippen molar-refractivity contribution in [2.45, 2.75) is 0 Å². The fourth-order valence-corrected chi connectivity index (χ4v) is 2.05. The molecule has 0 unspecified atom stereocenters. The number of para-hydroxylation sites is 1. The van der Waals surface area contributed by atoms with Crippen LogP contribution in [0.15, 0.2) is 79.1 Å². The lowest BCUT2D eigenvalue weighted by molar-refractivity contribution is 0.103. The Bertz CT molecular complexity index is 684. The second-order valence-corrected chi connectivity index (χ2v) is 4.34. The third-order valence-electron chi connectivity index (χ3n) is 3.05. The van der Waals surface area contributed by atoms with E-state index in [-0.39, 0.29) is 5.78 Å². The Hall–Kier alpha value is -2.61. The first-order valence-corrected chi connectivity index (χ1v) is 6.18. The summed E-state index contributed by atoms with van der Waals surface area (Å²) in [7, 11) is 0. The summed E-state index contributed by atoms with van der Waals surface area (Å²) >= 11 is 0. The van der Waals surface area contributed by atoms with E-state index in [2.05, 4.69) is 0 Å². The Morgan fingerprint density at radius 2 is 1.37 bits per heavy atom. The van der Waals surface area contributed by atoms with Gasteiger partial charge in [0.05, 0.1) is 0 Å². The van der Waals surface area contributed by atoms with Crippen LogP contribution in [0, 0.1) is 0 Å². The standard InChI is InChI=1S/C17H13NO/c19-17(14-7-3-1-4-8-14)15-11-12-18(13-15)16-9-5-2-6-10-16/h1-13H. The van der Waals surface area contributed by atoms with E-state index in [1.165, 1.54) is 0 Å². The van der Waals surface area contributed by atoms with Gasteiger partial charge in [-0.15, -0.1) is 0 Å². The molecule has 0 spiro atoms. The summed E-state index contributed by atoms with van der Waals surface area (Å²) in [5, 5.41) is 0. The van der Waals surface area contributed by atoms with Crippen molar-refractivity contribution in [3.8, 4) is 5.69 Å². The zero-order chi connectivity index (χ0) is 13.1. The molecule has 0 saturated carbocycles. The van der Waals surface area contributed by atoms with Gasteiger partial charge in [-0.25, -0.2) is 0 Å². The molecule has 2 heteroatoms. The van der Waals surface area contributed by atoms with Crippen molar-refractivity contribution in [1.82, 2.24) is 4.57 Å². The first-order valence-electron chi connectivity index (χ1n) is 6.18. The van der Waals surface area contributed by atoms with E-state index in [4.69, 9.17) is 0 Å². The van der Waals surface area contributed by atoms with Gasteiger partial charge in [0, 0.05) is 29.2 Å². The minimum absolute atomic E-state index is 0.0512. The molecule has 0 aliphatic carbocycles. The van der Waals surface area contributed by atoms with Crippen LogP contribution in [0.25, 0.3) is 5.69 Å². The highest BCUT2D eigenvalue weighted by Crippen LogP contribution is 2.14. The van der Waals surface area contributed by atoms with Crippen molar-refractivity contribution in [3.63, 3.8) is 0 Å². The molecule has 0 radical (unpaired) electrons.